The minimum Gasteiger partial charge on any atom is -0.487 e. The van der Waals surface area contributed by atoms with E-state index in [0.717, 1.165) is 11.1 Å². The summed E-state index contributed by atoms with van der Waals surface area (Å²) in [6, 6.07) is 42.7. The molecular weight excluding hydrogens is 524 g/mol. The van der Waals surface area contributed by atoms with Crippen molar-refractivity contribution in [1.82, 2.24) is 0 Å². The predicted molar refractivity (Wildman–Crippen MR) is 166 cm³/mol. The van der Waals surface area contributed by atoms with Gasteiger partial charge in [-0.2, -0.15) is 0 Å². The van der Waals surface area contributed by atoms with Crippen molar-refractivity contribution in [3.63, 3.8) is 0 Å². The summed E-state index contributed by atoms with van der Waals surface area (Å²) >= 11 is 0. The second kappa shape index (κ2) is 13.8. The van der Waals surface area contributed by atoms with Crippen LogP contribution in [0.1, 0.15) is 44.9 Å². The van der Waals surface area contributed by atoms with Gasteiger partial charge in [-0.25, -0.2) is 4.79 Å². The summed E-state index contributed by atoms with van der Waals surface area (Å²) in [7, 11) is 0. The number of anilines is 2. The Morgan fingerprint density at radius 1 is 0.690 bits per heavy atom. The fraction of sp³-hybridized carbons (Fsp3) is 0.111. The van der Waals surface area contributed by atoms with Gasteiger partial charge in [0.2, 0.25) is 0 Å². The van der Waals surface area contributed by atoms with Crippen molar-refractivity contribution in [2.24, 2.45) is 0 Å². The molecule has 0 unspecified atom stereocenters. The average molecular weight is 557 g/mol. The van der Waals surface area contributed by atoms with Crippen molar-refractivity contribution < 1.29 is 19.1 Å². The Hall–Kier alpha value is -5.36. The molecule has 5 aromatic carbocycles. The number of carbonyl (C=O) groups excluding carboxylic acids is 2. The third kappa shape index (κ3) is 7.43. The van der Waals surface area contributed by atoms with E-state index in [1.165, 1.54) is 0 Å². The fourth-order valence-corrected chi connectivity index (χ4v) is 4.55. The topological polar surface area (TPSA) is 76.7 Å². The Kier molecular flexibility index (Phi) is 9.27. The Labute approximate surface area is 245 Å². The molecule has 0 radical (unpaired) electrons. The smallest absolute Gasteiger partial charge is 0.338 e. The maximum atomic E-state index is 13.1. The summed E-state index contributed by atoms with van der Waals surface area (Å²) in [5.74, 6) is -0.0639. The lowest BCUT2D eigenvalue weighted by Gasteiger charge is -2.27. The molecule has 5 rings (SSSR count). The molecule has 0 aliphatic heterocycles. The van der Waals surface area contributed by atoms with Crippen LogP contribution in [-0.2, 0) is 11.3 Å². The van der Waals surface area contributed by atoms with Crippen LogP contribution in [0.2, 0.25) is 0 Å². The molecule has 0 spiro atoms. The first kappa shape index (κ1) is 28.2. The van der Waals surface area contributed by atoms with Gasteiger partial charge in [0.15, 0.2) is 0 Å². The molecule has 0 aromatic heterocycles. The third-order valence-corrected chi connectivity index (χ3v) is 6.72. The molecule has 0 aliphatic carbocycles. The first-order chi connectivity index (χ1) is 20.6. The second-order valence-corrected chi connectivity index (χ2v) is 9.84. The van der Waals surface area contributed by atoms with Crippen LogP contribution < -0.4 is 15.4 Å². The van der Waals surface area contributed by atoms with E-state index in [1.807, 2.05) is 116 Å². The van der Waals surface area contributed by atoms with Crippen LogP contribution in [0, 0.1) is 0 Å². The van der Waals surface area contributed by atoms with E-state index in [9.17, 15) is 9.59 Å². The van der Waals surface area contributed by atoms with E-state index in [1.54, 1.807) is 30.3 Å². The lowest BCUT2D eigenvalue weighted by molar-refractivity contribution is 0.0262. The van der Waals surface area contributed by atoms with Gasteiger partial charge in [0.1, 0.15) is 18.5 Å². The fourth-order valence-electron chi connectivity index (χ4n) is 4.55. The van der Waals surface area contributed by atoms with Crippen LogP contribution in [0.15, 0.2) is 140 Å². The normalized spacial score (nSPS) is 12.0. The van der Waals surface area contributed by atoms with E-state index < -0.39 is 12.1 Å². The maximum absolute atomic E-state index is 13.1. The summed E-state index contributed by atoms with van der Waals surface area (Å²) in [6.07, 6.45) is -0.585. The number of hydrogen-bond donors (Lipinski definition) is 2. The van der Waals surface area contributed by atoms with Gasteiger partial charge in [-0.05, 0) is 54.4 Å². The van der Waals surface area contributed by atoms with E-state index >= 15 is 0 Å². The molecule has 0 fully saturated rings. The number of nitrogens with one attached hydrogen (secondary N) is 2. The monoisotopic (exact) mass is 556 g/mol. The molecule has 6 nitrogen and oxygen atoms in total. The Balaban J connectivity index is 1.40. The summed E-state index contributed by atoms with van der Waals surface area (Å²) in [5.41, 5.74) is 4.21. The molecule has 6 heteroatoms. The summed E-state index contributed by atoms with van der Waals surface area (Å²) in [6.45, 7) is 2.30. The average Bonchev–Trinajstić information content (AvgIpc) is 3.05. The molecule has 0 saturated carbocycles. The first-order valence-corrected chi connectivity index (χ1v) is 13.8. The number of benzene rings is 5. The quantitative estimate of drug-likeness (QED) is 0.162. The van der Waals surface area contributed by atoms with Crippen molar-refractivity contribution in [3.05, 3.63) is 162 Å². The lowest BCUT2D eigenvalue weighted by atomic mass is 10.0. The number of amides is 1. The van der Waals surface area contributed by atoms with Gasteiger partial charge >= 0.3 is 5.97 Å². The van der Waals surface area contributed by atoms with Crippen LogP contribution in [0.25, 0.3) is 0 Å². The number of rotatable bonds is 11. The minimum atomic E-state index is -0.585. The van der Waals surface area contributed by atoms with Crippen molar-refractivity contribution in [2.75, 3.05) is 10.6 Å². The van der Waals surface area contributed by atoms with E-state index in [0.29, 0.717) is 34.9 Å². The van der Waals surface area contributed by atoms with Gasteiger partial charge in [-0.15, -0.1) is 0 Å². The molecule has 0 saturated heterocycles. The molecule has 2 atom stereocenters. The first-order valence-electron chi connectivity index (χ1n) is 13.8. The van der Waals surface area contributed by atoms with Crippen LogP contribution in [0.4, 0.5) is 11.4 Å². The Morgan fingerprint density at radius 2 is 1.26 bits per heavy atom. The van der Waals surface area contributed by atoms with Gasteiger partial charge in [0.05, 0.1) is 17.3 Å². The molecule has 0 heterocycles. The summed E-state index contributed by atoms with van der Waals surface area (Å²) < 4.78 is 12.3. The summed E-state index contributed by atoms with van der Waals surface area (Å²) in [4.78, 5) is 25.9. The molecule has 42 heavy (non-hydrogen) atoms. The van der Waals surface area contributed by atoms with Crippen LogP contribution >= 0.6 is 0 Å². The molecule has 1 amide bonds. The van der Waals surface area contributed by atoms with E-state index in [-0.39, 0.29) is 11.9 Å². The van der Waals surface area contributed by atoms with Gasteiger partial charge in [0, 0.05) is 17.3 Å². The largest absolute Gasteiger partial charge is 0.487 e. The van der Waals surface area contributed by atoms with E-state index in [4.69, 9.17) is 9.47 Å². The Morgan fingerprint density at radius 3 is 1.90 bits per heavy atom. The number of ether oxygens (including phenoxy) is 2. The maximum Gasteiger partial charge on any atom is 0.338 e. The number of hydrogen-bond acceptors (Lipinski definition) is 5. The SMILES string of the molecule is C[C@H](Nc1ccc(NC(=O)c2ccccc2)cc1OCc1ccccc1)[C@@H](OC(=O)c1ccccc1)c1ccccc1. The standard InChI is InChI=1S/C36H32N2O4/c1-26(34(28-16-8-3-9-17-28)42-36(40)30-20-12-5-13-21-30)37-32-23-22-31(38-35(39)29-18-10-4-11-19-29)24-33(32)41-25-27-14-6-2-7-15-27/h2-24,26,34,37H,25H2,1H3,(H,38,39)/t26-,34+/m0/s1. The van der Waals surface area contributed by atoms with Gasteiger partial charge in [-0.3, -0.25) is 4.79 Å². The zero-order chi connectivity index (χ0) is 29.1. The van der Waals surface area contributed by atoms with Crippen molar-refractivity contribution in [1.29, 1.82) is 0 Å². The molecule has 5 aromatic rings. The zero-order valence-electron chi connectivity index (χ0n) is 23.3. The molecule has 210 valence electrons. The van der Waals surface area contributed by atoms with Crippen molar-refractivity contribution >= 4 is 23.3 Å². The van der Waals surface area contributed by atoms with Gasteiger partial charge < -0.3 is 20.1 Å². The molecule has 0 bridgehead atoms. The van der Waals surface area contributed by atoms with E-state index in [2.05, 4.69) is 10.6 Å². The summed E-state index contributed by atoms with van der Waals surface area (Å²) in [5, 5.41) is 6.45. The molecule has 2 N–H and O–H groups in total. The van der Waals surface area contributed by atoms with Crippen LogP contribution in [-0.4, -0.2) is 17.9 Å². The highest BCUT2D eigenvalue weighted by molar-refractivity contribution is 6.04. The zero-order valence-corrected chi connectivity index (χ0v) is 23.3. The molecular formula is C36H32N2O4. The highest BCUT2D eigenvalue weighted by Crippen LogP contribution is 2.33. The van der Waals surface area contributed by atoms with Crippen LogP contribution in [0.3, 0.4) is 0 Å². The van der Waals surface area contributed by atoms with Gasteiger partial charge in [0.25, 0.3) is 5.91 Å². The molecule has 0 aliphatic rings. The highest BCUT2D eigenvalue weighted by Gasteiger charge is 2.25. The highest BCUT2D eigenvalue weighted by atomic mass is 16.5. The van der Waals surface area contributed by atoms with Gasteiger partial charge in [-0.1, -0.05) is 97.1 Å². The van der Waals surface area contributed by atoms with Crippen molar-refractivity contribution in [3.8, 4) is 5.75 Å². The predicted octanol–water partition coefficient (Wildman–Crippen LogP) is 7.92. The number of carbonyl (C=O) groups is 2. The lowest BCUT2D eigenvalue weighted by Crippen LogP contribution is -2.28. The van der Waals surface area contributed by atoms with Crippen LogP contribution in [0.5, 0.6) is 5.75 Å². The van der Waals surface area contributed by atoms with Crippen molar-refractivity contribution in [2.45, 2.75) is 25.7 Å². The Bertz CT molecular complexity index is 1590. The second-order valence-electron chi connectivity index (χ2n) is 9.84. The minimum absolute atomic E-state index is 0.212. The third-order valence-electron chi connectivity index (χ3n) is 6.72. The number of esters is 1.